The number of hydrogen-bond donors (Lipinski definition) is 1. The number of nitrogens with one attached hydrogen (secondary N) is 1. The lowest BCUT2D eigenvalue weighted by Crippen LogP contribution is -2.25. The molecule has 0 aliphatic heterocycles. The fraction of sp³-hybridized carbons (Fsp3) is 0.176. The second kappa shape index (κ2) is 6.83. The van der Waals surface area contributed by atoms with Gasteiger partial charge in [-0.1, -0.05) is 18.2 Å². The van der Waals surface area contributed by atoms with Crippen molar-refractivity contribution in [3.8, 4) is 11.5 Å². The second-order valence-electron chi connectivity index (χ2n) is 5.06. The molecular formula is C17H16N4O2. The standard InChI is InChI=1S/C17H16N4O2/c1-12-4-2-3-5-14(12)17-21-20-15(23-17)8-11-19-16(22)13-6-9-18-10-7-13/h2-7,9-10H,8,11H2,1H3,(H,19,22). The third kappa shape index (κ3) is 3.60. The monoisotopic (exact) mass is 308 g/mol. The van der Waals surface area contributed by atoms with Crippen LogP contribution >= 0.6 is 0 Å². The number of pyridine rings is 1. The van der Waals surface area contributed by atoms with Crippen LogP contribution < -0.4 is 5.32 Å². The summed E-state index contributed by atoms with van der Waals surface area (Å²) >= 11 is 0. The first-order chi connectivity index (χ1) is 11.2. The Morgan fingerprint density at radius 3 is 2.70 bits per heavy atom. The molecule has 6 nitrogen and oxygen atoms in total. The van der Waals surface area contributed by atoms with Crippen LogP contribution in [-0.2, 0) is 6.42 Å². The zero-order valence-electron chi connectivity index (χ0n) is 12.7. The SMILES string of the molecule is Cc1ccccc1-c1nnc(CCNC(=O)c2ccncc2)o1. The zero-order valence-corrected chi connectivity index (χ0v) is 12.7. The fourth-order valence-electron chi connectivity index (χ4n) is 2.16. The summed E-state index contributed by atoms with van der Waals surface area (Å²) in [5.41, 5.74) is 2.58. The Bertz CT molecular complexity index is 799. The summed E-state index contributed by atoms with van der Waals surface area (Å²) in [6, 6.07) is 11.2. The molecule has 3 aromatic rings. The lowest BCUT2D eigenvalue weighted by molar-refractivity contribution is 0.0953. The first-order valence-corrected chi connectivity index (χ1v) is 7.30. The van der Waals surface area contributed by atoms with Crippen molar-refractivity contribution in [3.05, 3.63) is 65.8 Å². The highest BCUT2D eigenvalue weighted by Gasteiger charge is 2.11. The number of amides is 1. The van der Waals surface area contributed by atoms with Crippen molar-refractivity contribution in [2.45, 2.75) is 13.3 Å². The van der Waals surface area contributed by atoms with E-state index in [1.54, 1.807) is 24.5 Å². The predicted octanol–water partition coefficient (Wildman–Crippen LogP) is 2.41. The van der Waals surface area contributed by atoms with Gasteiger partial charge < -0.3 is 9.73 Å². The van der Waals surface area contributed by atoms with Crippen LogP contribution in [0.1, 0.15) is 21.8 Å². The Balaban J connectivity index is 1.58. The summed E-state index contributed by atoms with van der Waals surface area (Å²) in [4.78, 5) is 15.8. The number of hydrogen-bond acceptors (Lipinski definition) is 5. The minimum Gasteiger partial charge on any atom is -0.421 e. The van der Waals surface area contributed by atoms with Gasteiger partial charge in [-0.3, -0.25) is 9.78 Å². The van der Waals surface area contributed by atoms with Crippen molar-refractivity contribution in [2.75, 3.05) is 6.54 Å². The summed E-state index contributed by atoms with van der Waals surface area (Å²) in [6.07, 6.45) is 3.65. The Labute approximate surface area is 133 Å². The lowest BCUT2D eigenvalue weighted by atomic mass is 10.1. The highest BCUT2D eigenvalue weighted by atomic mass is 16.4. The molecule has 2 heterocycles. The van der Waals surface area contributed by atoms with Crippen LogP contribution in [0.2, 0.25) is 0 Å². The van der Waals surface area contributed by atoms with E-state index in [0.717, 1.165) is 11.1 Å². The van der Waals surface area contributed by atoms with Gasteiger partial charge in [0, 0.05) is 36.5 Å². The van der Waals surface area contributed by atoms with E-state index in [0.29, 0.717) is 30.3 Å². The summed E-state index contributed by atoms with van der Waals surface area (Å²) in [7, 11) is 0. The highest BCUT2D eigenvalue weighted by molar-refractivity contribution is 5.93. The van der Waals surface area contributed by atoms with Gasteiger partial charge in [-0.05, 0) is 30.7 Å². The minimum absolute atomic E-state index is 0.147. The summed E-state index contributed by atoms with van der Waals surface area (Å²) < 4.78 is 5.65. The van der Waals surface area contributed by atoms with Gasteiger partial charge in [0.25, 0.3) is 5.91 Å². The summed E-state index contributed by atoms with van der Waals surface area (Å²) in [5.74, 6) is 0.850. The van der Waals surface area contributed by atoms with Gasteiger partial charge in [-0.2, -0.15) is 0 Å². The molecule has 0 atom stereocenters. The van der Waals surface area contributed by atoms with Gasteiger partial charge in [0.05, 0.1) is 0 Å². The van der Waals surface area contributed by atoms with Crippen molar-refractivity contribution in [1.82, 2.24) is 20.5 Å². The van der Waals surface area contributed by atoms with Crippen LogP contribution in [-0.4, -0.2) is 27.6 Å². The number of benzene rings is 1. The Hall–Kier alpha value is -3.02. The van der Waals surface area contributed by atoms with Crippen molar-refractivity contribution in [2.24, 2.45) is 0 Å². The molecule has 6 heteroatoms. The van der Waals surface area contributed by atoms with E-state index in [9.17, 15) is 4.79 Å². The molecule has 1 aromatic carbocycles. The van der Waals surface area contributed by atoms with Crippen molar-refractivity contribution in [1.29, 1.82) is 0 Å². The Morgan fingerprint density at radius 1 is 1.13 bits per heavy atom. The molecule has 23 heavy (non-hydrogen) atoms. The van der Waals surface area contributed by atoms with Gasteiger partial charge in [-0.15, -0.1) is 10.2 Å². The number of aryl methyl sites for hydroxylation is 1. The normalized spacial score (nSPS) is 10.5. The predicted molar refractivity (Wildman–Crippen MR) is 84.7 cm³/mol. The van der Waals surface area contributed by atoms with Crippen LogP contribution in [0, 0.1) is 6.92 Å². The number of aromatic nitrogens is 3. The molecule has 3 rings (SSSR count). The summed E-state index contributed by atoms with van der Waals surface area (Å²) in [5, 5.41) is 10.9. The number of rotatable bonds is 5. The maximum absolute atomic E-state index is 11.9. The first-order valence-electron chi connectivity index (χ1n) is 7.30. The maximum atomic E-state index is 11.9. The second-order valence-corrected chi connectivity index (χ2v) is 5.06. The molecule has 0 saturated carbocycles. The van der Waals surface area contributed by atoms with E-state index in [2.05, 4.69) is 20.5 Å². The van der Waals surface area contributed by atoms with E-state index in [1.807, 2.05) is 31.2 Å². The van der Waals surface area contributed by atoms with E-state index in [-0.39, 0.29) is 5.91 Å². The number of carbonyl (C=O) groups excluding carboxylic acids is 1. The zero-order chi connectivity index (χ0) is 16.1. The molecule has 0 aliphatic carbocycles. The van der Waals surface area contributed by atoms with Crippen molar-refractivity contribution < 1.29 is 9.21 Å². The van der Waals surface area contributed by atoms with Crippen molar-refractivity contribution >= 4 is 5.91 Å². The third-order valence-electron chi connectivity index (χ3n) is 3.41. The molecular weight excluding hydrogens is 292 g/mol. The fourth-order valence-corrected chi connectivity index (χ4v) is 2.16. The third-order valence-corrected chi connectivity index (χ3v) is 3.41. The Morgan fingerprint density at radius 2 is 1.91 bits per heavy atom. The quantitative estimate of drug-likeness (QED) is 0.783. The van der Waals surface area contributed by atoms with Gasteiger partial charge in [0.2, 0.25) is 11.8 Å². The van der Waals surface area contributed by atoms with Crippen LogP contribution in [0.15, 0.2) is 53.2 Å². The molecule has 1 amide bonds. The van der Waals surface area contributed by atoms with E-state index in [1.165, 1.54) is 0 Å². The smallest absolute Gasteiger partial charge is 0.251 e. The minimum atomic E-state index is -0.147. The number of carbonyl (C=O) groups is 1. The molecule has 1 N–H and O–H groups in total. The number of nitrogens with zero attached hydrogens (tertiary/aromatic N) is 3. The van der Waals surface area contributed by atoms with E-state index >= 15 is 0 Å². The molecule has 0 saturated heterocycles. The maximum Gasteiger partial charge on any atom is 0.251 e. The largest absolute Gasteiger partial charge is 0.421 e. The van der Waals surface area contributed by atoms with Crippen LogP contribution in [0.4, 0.5) is 0 Å². The average Bonchev–Trinajstić information content (AvgIpc) is 3.04. The molecule has 0 radical (unpaired) electrons. The van der Waals surface area contributed by atoms with Crippen LogP contribution in [0.3, 0.4) is 0 Å². The highest BCUT2D eigenvalue weighted by Crippen LogP contribution is 2.21. The molecule has 2 aromatic heterocycles. The van der Waals surface area contributed by atoms with Gasteiger partial charge in [0.15, 0.2) is 0 Å². The van der Waals surface area contributed by atoms with Gasteiger partial charge in [0.1, 0.15) is 0 Å². The van der Waals surface area contributed by atoms with E-state index < -0.39 is 0 Å². The molecule has 0 aliphatic rings. The van der Waals surface area contributed by atoms with Gasteiger partial charge in [-0.25, -0.2) is 0 Å². The van der Waals surface area contributed by atoms with Crippen molar-refractivity contribution in [3.63, 3.8) is 0 Å². The molecule has 0 fully saturated rings. The lowest BCUT2D eigenvalue weighted by Gasteiger charge is -2.02. The average molecular weight is 308 g/mol. The Kier molecular flexibility index (Phi) is 4.42. The topological polar surface area (TPSA) is 80.9 Å². The molecule has 116 valence electrons. The van der Waals surface area contributed by atoms with Gasteiger partial charge >= 0.3 is 0 Å². The molecule has 0 bridgehead atoms. The van der Waals surface area contributed by atoms with E-state index in [4.69, 9.17) is 4.42 Å². The first kappa shape index (κ1) is 14.9. The molecule has 0 unspecified atom stereocenters. The van der Waals surface area contributed by atoms with Crippen LogP contribution in [0.25, 0.3) is 11.5 Å². The molecule has 0 spiro atoms. The summed E-state index contributed by atoms with van der Waals surface area (Å²) in [6.45, 7) is 2.42. The van der Waals surface area contributed by atoms with Crippen LogP contribution in [0.5, 0.6) is 0 Å².